The van der Waals surface area contributed by atoms with Gasteiger partial charge in [0.1, 0.15) is 6.20 Å². The lowest BCUT2D eigenvalue weighted by molar-refractivity contribution is -0.390. The van der Waals surface area contributed by atoms with Gasteiger partial charge in [-0.05, 0) is 9.91 Å². The average molecular weight is 231 g/mol. The number of hydrogen-bond acceptors (Lipinski definition) is 5. The molecule has 0 saturated carbocycles. The summed E-state index contributed by atoms with van der Waals surface area (Å²) < 4.78 is 4.40. The van der Waals surface area contributed by atoms with Crippen molar-refractivity contribution in [2.24, 2.45) is 0 Å². The number of nitro groups is 1. The molecule has 1 rings (SSSR count). The number of pyridine rings is 1. The van der Waals surface area contributed by atoms with E-state index in [9.17, 15) is 14.9 Å². The molecule has 0 amide bonds. The fourth-order valence-electron chi connectivity index (χ4n) is 0.996. The highest BCUT2D eigenvalue weighted by molar-refractivity contribution is 6.31. The van der Waals surface area contributed by atoms with Crippen molar-refractivity contribution in [3.05, 3.63) is 33.0 Å². The second-order valence-electron chi connectivity index (χ2n) is 2.60. The van der Waals surface area contributed by atoms with Crippen LogP contribution < -0.4 is 0 Å². The van der Waals surface area contributed by atoms with Crippen LogP contribution in [0.1, 0.15) is 5.56 Å². The van der Waals surface area contributed by atoms with Crippen molar-refractivity contribution in [3.63, 3.8) is 0 Å². The first-order valence-electron chi connectivity index (χ1n) is 3.91. The molecule has 6 nitrogen and oxygen atoms in total. The van der Waals surface area contributed by atoms with E-state index in [1.807, 2.05) is 0 Å². The molecule has 15 heavy (non-hydrogen) atoms. The normalized spacial score (nSPS) is 9.73. The zero-order valence-corrected chi connectivity index (χ0v) is 8.52. The van der Waals surface area contributed by atoms with E-state index in [2.05, 4.69) is 9.72 Å². The number of nitrogens with zero attached hydrogens (tertiary/aromatic N) is 2. The second kappa shape index (κ2) is 4.70. The summed E-state index contributed by atoms with van der Waals surface area (Å²) in [6.45, 7) is 0. The number of methoxy groups -OCH3 is 1. The first kappa shape index (κ1) is 11.4. The molecule has 0 aliphatic heterocycles. The van der Waals surface area contributed by atoms with Gasteiger partial charge in [-0.15, -0.1) is 0 Å². The fourth-order valence-corrected chi connectivity index (χ4v) is 1.20. The summed E-state index contributed by atoms with van der Waals surface area (Å²) in [6, 6.07) is 1.38. The molecule has 1 aromatic rings. The minimum absolute atomic E-state index is 0.0658. The molecule has 0 bridgehead atoms. The monoisotopic (exact) mass is 230 g/mol. The Bertz CT molecular complexity index is 408. The SMILES string of the molecule is COC(=O)Cc1c(Cl)ccnc1[N+](=O)[O-]. The van der Waals surface area contributed by atoms with E-state index in [-0.39, 0.29) is 17.0 Å². The average Bonchev–Trinajstić information content (AvgIpc) is 2.20. The van der Waals surface area contributed by atoms with Gasteiger partial charge in [0, 0.05) is 6.07 Å². The molecule has 1 aromatic heterocycles. The highest BCUT2D eigenvalue weighted by Gasteiger charge is 2.21. The van der Waals surface area contributed by atoms with Gasteiger partial charge in [0.2, 0.25) is 0 Å². The molecule has 80 valence electrons. The first-order valence-corrected chi connectivity index (χ1v) is 4.28. The van der Waals surface area contributed by atoms with Crippen molar-refractivity contribution in [1.82, 2.24) is 4.98 Å². The molecular formula is C8H7ClN2O4. The van der Waals surface area contributed by atoms with Crippen LogP contribution in [0.5, 0.6) is 0 Å². The van der Waals surface area contributed by atoms with Crippen molar-refractivity contribution < 1.29 is 14.5 Å². The van der Waals surface area contributed by atoms with Gasteiger partial charge in [0.05, 0.1) is 24.1 Å². The highest BCUT2D eigenvalue weighted by atomic mass is 35.5. The van der Waals surface area contributed by atoms with E-state index >= 15 is 0 Å². The summed E-state index contributed by atoms with van der Waals surface area (Å²) in [7, 11) is 1.19. The molecule has 0 aromatic carbocycles. The quantitative estimate of drug-likeness (QED) is 0.445. The van der Waals surface area contributed by atoms with Crippen LogP contribution >= 0.6 is 11.6 Å². The van der Waals surface area contributed by atoms with Crippen LogP contribution in [-0.4, -0.2) is 23.0 Å². The molecule has 0 atom stereocenters. The zero-order chi connectivity index (χ0) is 11.4. The van der Waals surface area contributed by atoms with Crippen molar-refractivity contribution in [2.75, 3.05) is 7.11 Å². The van der Waals surface area contributed by atoms with Gasteiger partial charge in [-0.2, -0.15) is 0 Å². The van der Waals surface area contributed by atoms with E-state index < -0.39 is 16.7 Å². The van der Waals surface area contributed by atoms with Crippen LogP contribution in [0.3, 0.4) is 0 Å². The van der Waals surface area contributed by atoms with Crippen LogP contribution in [-0.2, 0) is 16.0 Å². The molecule has 0 N–H and O–H groups in total. The van der Waals surface area contributed by atoms with Gasteiger partial charge >= 0.3 is 11.8 Å². The number of rotatable bonds is 3. The van der Waals surface area contributed by atoms with Gasteiger partial charge in [0.15, 0.2) is 0 Å². The maximum absolute atomic E-state index is 11.0. The fraction of sp³-hybridized carbons (Fsp3) is 0.250. The molecule has 0 fully saturated rings. The number of ether oxygens (including phenoxy) is 1. The maximum Gasteiger partial charge on any atom is 0.368 e. The van der Waals surface area contributed by atoms with Gasteiger partial charge in [-0.1, -0.05) is 11.6 Å². The Morgan fingerprint density at radius 1 is 1.73 bits per heavy atom. The third kappa shape index (κ3) is 2.63. The number of carbonyl (C=O) groups is 1. The number of halogens is 1. The molecule has 0 aliphatic rings. The second-order valence-corrected chi connectivity index (χ2v) is 3.01. The Labute approximate surface area is 90.0 Å². The Morgan fingerprint density at radius 3 is 2.93 bits per heavy atom. The largest absolute Gasteiger partial charge is 0.469 e. The number of esters is 1. The van der Waals surface area contributed by atoms with Gasteiger partial charge < -0.3 is 14.9 Å². The van der Waals surface area contributed by atoms with Crippen LogP contribution in [0.2, 0.25) is 5.02 Å². The molecule has 1 heterocycles. The summed E-state index contributed by atoms with van der Waals surface area (Å²) in [5, 5.41) is 10.7. The third-order valence-corrected chi connectivity index (χ3v) is 2.05. The molecular weight excluding hydrogens is 224 g/mol. The van der Waals surface area contributed by atoms with Crippen LogP contribution in [0.15, 0.2) is 12.3 Å². The van der Waals surface area contributed by atoms with E-state index in [0.29, 0.717) is 0 Å². The Kier molecular flexibility index (Phi) is 3.56. The Balaban J connectivity index is 3.13. The molecule has 0 unspecified atom stereocenters. The standard InChI is InChI=1S/C8H7ClN2O4/c1-15-7(12)4-5-6(9)2-3-10-8(5)11(13)14/h2-3H,4H2,1H3. The lowest BCUT2D eigenvalue weighted by Crippen LogP contribution is -2.08. The maximum atomic E-state index is 11.0. The highest BCUT2D eigenvalue weighted by Crippen LogP contribution is 2.24. The van der Waals surface area contributed by atoms with Crippen molar-refractivity contribution in [1.29, 1.82) is 0 Å². The van der Waals surface area contributed by atoms with Crippen LogP contribution in [0.4, 0.5) is 5.82 Å². The predicted molar refractivity (Wildman–Crippen MR) is 51.6 cm³/mol. The topological polar surface area (TPSA) is 82.3 Å². The van der Waals surface area contributed by atoms with Crippen molar-refractivity contribution >= 4 is 23.4 Å². The Morgan fingerprint density at radius 2 is 2.40 bits per heavy atom. The summed E-state index contributed by atoms with van der Waals surface area (Å²) in [4.78, 5) is 24.4. The van der Waals surface area contributed by atoms with E-state index in [0.717, 1.165) is 0 Å². The number of aromatic nitrogens is 1. The van der Waals surface area contributed by atoms with E-state index in [1.54, 1.807) is 0 Å². The zero-order valence-electron chi connectivity index (χ0n) is 7.77. The number of hydrogen-bond donors (Lipinski definition) is 0. The molecule has 0 spiro atoms. The lowest BCUT2D eigenvalue weighted by atomic mass is 10.2. The van der Waals surface area contributed by atoms with Crippen molar-refractivity contribution in [3.8, 4) is 0 Å². The van der Waals surface area contributed by atoms with Gasteiger partial charge in [-0.3, -0.25) is 4.79 Å². The molecule has 0 radical (unpaired) electrons. The predicted octanol–water partition coefficient (Wildman–Crippen LogP) is 1.36. The molecule has 0 aliphatic carbocycles. The van der Waals surface area contributed by atoms with Gasteiger partial charge in [0.25, 0.3) is 0 Å². The number of carbonyl (C=O) groups excluding carboxylic acids is 1. The van der Waals surface area contributed by atoms with Crippen LogP contribution in [0.25, 0.3) is 0 Å². The Hall–Kier alpha value is -1.69. The first-order chi connectivity index (χ1) is 7.06. The van der Waals surface area contributed by atoms with E-state index in [4.69, 9.17) is 11.6 Å². The summed E-state index contributed by atoms with van der Waals surface area (Å²) in [6.07, 6.45) is 0.945. The minimum Gasteiger partial charge on any atom is -0.469 e. The molecule has 0 saturated heterocycles. The van der Waals surface area contributed by atoms with E-state index in [1.165, 1.54) is 19.4 Å². The third-order valence-electron chi connectivity index (χ3n) is 1.70. The summed E-state index contributed by atoms with van der Waals surface area (Å²) in [5.41, 5.74) is 0.0658. The van der Waals surface area contributed by atoms with Gasteiger partial charge in [-0.25, -0.2) is 0 Å². The van der Waals surface area contributed by atoms with Crippen molar-refractivity contribution in [2.45, 2.75) is 6.42 Å². The minimum atomic E-state index is -0.690. The van der Waals surface area contributed by atoms with Crippen LogP contribution in [0, 0.1) is 10.1 Å². The smallest absolute Gasteiger partial charge is 0.368 e. The summed E-state index contributed by atoms with van der Waals surface area (Å²) in [5.74, 6) is -1.03. The summed E-state index contributed by atoms with van der Waals surface area (Å²) >= 11 is 5.72. The molecule has 7 heteroatoms. The lowest BCUT2D eigenvalue weighted by Gasteiger charge is -2.02.